The van der Waals surface area contributed by atoms with E-state index in [0.717, 1.165) is 29.4 Å². The maximum Gasteiger partial charge on any atom is 0.275 e. The Hall–Kier alpha value is -2.96. The van der Waals surface area contributed by atoms with Crippen molar-refractivity contribution < 1.29 is 9.53 Å². The first kappa shape index (κ1) is 20.3. The molecule has 1 fully saturated rings. The number of benzene rings is 1. The lowest BCUT2D eigenvalue weighted by Crippen LogP contribution is -2.40. The van der Waals surface area contributed by atoms with Gasteiger partial charge in [0, 0.05) is 37.0 Å². The zero-order valence-corrected chi connectivity index (χ0v) is 18.1. The summed E-state index contributed by atoms with van der Waals surface area (Å²) in [7, 11) is 1.87. The molecule has 1 aliphatic rings. The number of amides is 1. The average molecular weight is 408 g/mol. The minimum atomic E-state index is -0.0240. The van der Waals surface area contributed by atoms with Crippen molar-refractivity contribution in [1.29, 1.82) is 0 Å². The van der Waals surface area contributed by atoms with Gasteiger partial charge in [0.1, 0.15) is 0 Å². The van der Waals surface area contributed by atoms with Crippen molar-refractivity contribution in [2.75, 3.05) is 19.7 Å². The van der Waals surface area contributed by atoms with Crippen LogP contribution in [0.4, 0.5) is 0 Å². The van der Waals surface area contributed by atoms with E-state index < -0.39 is 0 Å². The molecule has 2 aromatic heterocycles. The molecule has 3 aromatic rings. The molecule has 0 saturated carbocycles. The number of ether oxygens (including phenoxy) is 1. The molecule has 1 aliphatic heterocycles. The Bertz CT molecular complexity index is 1030. The molecule has 158 valence electrons. The number of aromatic nitrogens is 4. The molecule has 3 heterocycles. The minimum absolute atomic E-state index is 0.00908. The molecular weight excluding hydrogens is 378 g/mol. The number of rotatable bonds is 4. The van der Waals surface area contributed by atoms with Crippen molar-refractivity contribution in [3.63, 3.8) is 0 Å². The number of fused-ring (bicyclic) bond motifs is 1. The topological polar surface area (TPSA) is 73.1 Å². The molecule has 0 atom stereocenters. The molecule has 0 aliphatic carbocycles. The highest BCUT2D eigenvalue weighted by atomic mass is 16.5. The fraction of sp³-hybridized carbons (Fsp3) is 0.478. The van der Waals surface area contributed by atoms with E-state index in [0.29, 0.717) is 37.2 Å². The van der Waals surface area contributed by atoms with Crippen molar-refractivity contribution in [3.8, 4) is 5.88 Å². The maximum atomic E-state index is 13.0. The van der Waals surface area contributed by atoms with Gasteiger partial charge in [-0.25, -0.2) is 0 Å². The third-order valence-electron chi connectivity index (χ3n) is 5.74. The zero-order valence-electron chi connectivity index (χ0n) is 18.1. The summed E-state index contributed by atoms with van der Waals surface area (Å²) >= 11 is 0. The second kappa shape index (κ2) is 8.05. The minimum Gasteiger partial charge on any atom is -0.476 e. The smallest absolute Gasteiger partial charge is 0.275 e. The second-order valence-corrected chi connectivity index (χ2v) is 9.04. The predicted molar refractivity (Wildman–Crippen MR) is 116 cm³/mol. The Morgan fingerprint density at radius 3 is 2.50 bits per heavy atom. The highest BCUT2D eigenvalue weighted by molar-refractivity contribution is 6.04. The van der Waals surface area contributed by atoms with Crippen molar-refractivity contribution in [1.82, 2.24) is 24.9 Å². The summed E-state index contributed by atoms with van der Waals surface area (Å²) in [5.74, 6) is 0.967. The molecule has 1 aromatic carbocycles. The lowest BCUT2D eigenvalue weighted by atomic mass is 9.92. The molecule has 0 unspecified atom stereocenters. The van der Waals surface area contributed by atoms with Gasteiger partial charge < -0.3 is 9.64 Å². The van der Waals surface area contributed by atoms with Gasteiger partial charge in [0.15, 0.2) is 5.69 Å². The Kier molecular flexibility index (Phi) is 5.45. The van der Waals surface area contributed by atoms with Crippen molar-refractivity contribution in [2.45, 2.75) is 39.0 Å². The normalized spacial score (nSPS) is 15.5. The first-order chi connectivity index (χ1) is 14.3. The molecule has 0 radical (unpaired) electrons. The van der Waals surface area contributed by atoms with Gasteiger partial charge in [0.2, 0.25) is 5.88 Å². The average Bonchev–Trinajstić information content (AvgIpc) is 3.09. The first-order valence-electron chi connectivity index (χ1n) is 10.5. The SMILES string of the molecule is Cn1nc(C(=O)N2CCC(COc3ccc(C(C)(C)C)nn3)CC2)c2ccccc21. The summed E-state index contributed by atoms with van der Waals surface area (Å²) < 4.78 is 7.63. The molecule has 1 amide bonds. The Morgan fingerprint density at radius 2 is 1.83 bits per heavy atom. The van der Waals surface area contributed by atoms with Gasteiger partial charge in [0.05, 0.1) is 17.8 Å². The zero-order chi connectivity index (χ0) is 21.3. The van der Waals surface area contributed by atoms with Gasteiger partial charge in [0.25, 0.3) is 5.91 Å². The van der Waals surface area contributed by atoms with E-state index >= 15 is 0 Å². The van der Waals surface area contributed by atoms with E-state index in [2.05, 4.69) is 36.1 Å². The summed E-state index contributed by atoms with van der Waals surface area (Å²) in [4.78, 5) is 14.9. The second-order valence-electron chi connectivity index (χ2n) is 9.04. The van der Waals surface area contributed by atoms with Crippen LogP contribution in [0.1, 0.15) is 49.8 Å². The monoisotopic (exact) mass is 407 g/mol. The number of hydrogen-bond donors (Lipinski definition) is 0. The van der Waals surface area contributed by atoms with Gasteiger partial charge in [-0.05, 0) is 30.9 Å². The Morgan fingerprint density at radius 1 is 1.10 bits per heavy atom. The number of piperidine rings is 1. The lowest BCUT2D eigenvalue weighted by molar-refractivity contribution is 0.0654. The number of para-hydroxylation sites is 1. The molecule has 7 heteroatoms. The first-order valence-corrected chi connectivity index (χ1v) is 10.5. The van der Waals surface area contributed by atoms with E-state index in [4.69, 9.17) is 4.74 Å². The van der Waals surface area contributed by atoms with Gasteiger partial charge in [-0.3, -0.25) is 9.48 Å². The standard InChI is InChI=1S/C23H29N5O2/c1-23(2,3)19-9-10-20(25-24-19)30-15-16-11-13-28(14-12-16)22(29)21-17-7-5-6-8-18(17)27(4)26-21/h5-10,16H,11-15H2,1-4H3. The third kappa shape index (κ3) is 4.15. The highest BCUT2D eigenvalue weighted by Gasteiger charge is 2.27. The van der Waals surface area contributed by atoms with Crippen LogP contribution in [0.5, 0.6) is 5.88 Å². The molecule has 4 rings (SSSR count). The number of nitrogens with zero attached hydrogens (tertiary/aromatic N) is 5. The lowest BCUT2D eigenvalue weighted by Gasteiger charge is -2.31. The summed E-state index contributed by atoms with van der Waals surface area (Å²) in [5.41, 5.74) is 2.44. The van der Waals surface area contributed by atoms with Crippen molar-refractivity contribution >= 4 is 16.8 Å². The highest BCUT2D eigenvalue weighted by Crippen LogP contribution is 2.24. The third-order valence-corrected chi connectivity index (χ3v) is 5.74. The summed E-state index contributed by atoms with van der Waals surface area (Å²) in [6.45, 7) is 8.36. The van der Waals surface area contributed by atoms with Crippen LogP contribution in [0.15, 0.2) is 36.4 Å². The molecule has 0 N–H and O–H groups in total. The van der Waals surface area contributed by atoms with Gasteiger partial charge in [-0.15, -0.1) is 5.10 Å². The van der Waals surface area contributed by atoms with Crippen LogP contribution >= 0.6 is 0 Å². The summed E-state index contributed by atoms with van der Waals surface area (Å²) in [5, 5.41) is 13.8. The summed E-state index contributed by atoms with van der Waals surface area (Å²) in [6, 6.07) is 11.7. The number of carbonyl (C=O) groups excluding carboxylic acids is 1. The van der Waals surface area contributed by atoms with Gasteiger partial charge >= 0.3 is 0 Å². The van der Waals surface area contributed by atoms with Gasteiger partial charge in [-0.2, -0.15) is 10.2 Å². The van der Waals surface area contributed by atoms with Crippen LogP contribution in [0.25, 0.3) is 10.9 Å². The molecular formula is C23H29N5O2. The van der Waals surface area contributed by atoms with E-state index in [-0.39, 0.29) is 11.3 Å². The van der Waals surface area contributed by atoms with Crippen molar-refractivity contribution in [3.05, 3.63) is 47.8 Å². The number of carbonyl (C=O) groups is 1. The van der Waals surface area contributed by atoms with Crippen LogP contribution in [0.2, 0.25) is 0 Å². The number of aryl methyl sites for hydroxylation is 1. The fourth-order valence-electron chi connectivity index (χ4n) is 3.82. The fourth-order valence-corrected chi connectivity index (χ4v) is 3.82. The Labute approximate surface area is 177 Å². The van der Waals surface area contributed by atoms with Crippen molar-refractivity contribution in [2.24, 2.45) is 13.0 Å². The Balaban J connectivity index is 1.32. The molecule has 0 bridgehead atoms. The molecule has 30 heavy (non-hydrogen) atoms. The quantitative estimate of drug-likeness (QED) is 0.661. The van der Waals surface area contributed by atoms with Crippen LogP contribution in [-0.4, -0.2) is 50.5 Å². The van der Waals surface area contributed by atoms with Crippen LogP contribution < -0.4 is 4.74 Å². The van der Waals surface area contributed by atoms with Crippen LogP contribution in [0.3, 0.4) is 0 Å². The molecule has 0 spiro atoms. The number of hydrogen-bond acceptors (Lipinski definition) is 5. The van der Waals surface area contributed by atoms with E-state index in [1.54, 1.807) is 4.68 Å². The largest absolute Gasteiger partial charge is 0.476 e. The maximum absolute atomic E-state index is 13.0. The van der Waals surface area contributed by atoms with E-state index in [1.165, 1.54) is 0 Å². The van der Waals surface area contributed by atoms with Crippen LogP contribution in [-0.2, 0) is 12.5 Å². The van der Waals surface area contributed by atoms with Crippen LogP contribution in [0, 0.1) is 5.92 Å². The van der Waals surface area contributed by atoms with E-state index in [1.807, 2.05) is 48.3 Å². The van der Waals surface area contributed by atoms with Gasteiger partial charge in [-0.1, -0.05) is 39.0 Å². The number of likely N-dealkylation sites (tertiary alicyclic amines) is 1. The summed E-state index contributed by atoms with van der Waals surface area (Å²) in [6.07, 6.45) is 1.81. The molecule has 1 saturated heterocycles. The van der Waals surface area contributed by atoms with E-state index in [9.17, 15) is 4.79 Å². The molecule has 7 nitrogen and oxygen atoms in total. The predicted octanol–water partition coefficient (Wildman–Crippen LogP) is 3.59.